The Morgan fingerprint density at radius 3 is 2.72 bits per heavy atom. The highest BCUT2D eigenvalue weighted by atomic mass is 16.5. The van der Waals surface area contributed by atoms with E-state index in [0.29, 0.717) is 0 Å². The highest BCUT2D eigenvalue weighted by Gasteiger charge is 2.31. The van der Waals surface area contributed by atoms with Crippen LogP contribution in [0.1, 0.15) is 17.7 Å². The van der Waals surface area contributed by atoms with Gasteiger partial charge in [0, 0.05) is 37.8 Å². The van der Waals surface area contributed by atoms with Crippen LogP contribution in [0.5, 0.6) is 5.75 Å². The first-order chi connectivity index (χ1) is 14.1. The standard InChI is InChI=1S/C21H26N6O2/c1-25-8-10-26(11-9-25)21-23-16-5-3-4-15(16)20(24-21)27-13-19(28)22-17-12-14(29-2)6-7-18(17)27/h6-7,12H,3-5,8-11,13H2,1-2H3,(H,22,28). The maximum absolute atomic E-state index is 12.5. The quantitative estimate of drug-likeness (QED) is 0.851. The van der Waals surface area contributed by atoms with Crippen molar-refractivity contribution in [2.45, 2.75) is 19.3 Å². The molecule has 29 heavy (non-hydrogen) atoms. The van der Waals surface area contributed by atoms with Gasteiger partial charge in [-0.2, -0.15) is 4.98 Å². The number of carbonyl (C=O) groups excluding carboxylic acids is 1. The molecule has 1 aliphatic carbocycles. The number of ether oxygens (including phenoxy) is 1. The molecule has 1 amide bonds. The van der Waals surface area contributed by atoms with Gasteiger partial charge in [-0.1, -0.05) is 0 Å². The zero-order valence-corrected chi connectivity index (χ0v) is 16.9. The minimum Gasteiger partial charge on any atom is -0.497 e. The maximum atomic E-state index is 12.5. The maximum Gasteiger partial charge on any atom is 0.244 e. The first-order valence-corrected chi connectivity index (χ1v) is 10.2. The van der Waals surface area contributed by atoms with E-state index < -0.39 is 0 Å². The molecule has 0 saturated carbocycles. The molecule has 1 N–H and O–H groups in total. The topological polar surface area (TPSA) is 73.8 Å². The fourth-order valence-electron chi connectivity index (χ4n) is 4.36. The van der Waals surface area contributed by atoms with Gasteiger partial charge in [-0.25, -0.2) is 4.98 Å². The average Bonchev–Trinajstić information content (AvgIpc) is 3.21. The van der Waals surface area contributed by atoms with E-state index in [2.05, 4.69) is 22.2 Å². The number of aryl methyl sites for hydroxylation is 1. The van der Waals surface area contributed by atoms with Gasteiger partial charge in [0.2, 0.25) is 11.9 Å². The Labute approximate surface area is 170 Å². The number of amides is 1. The van der Waals surface area contributed by atoms with Crippen molar-refractivity contribution in [2.24, 2.45) is 0 Å². The lowest BCUT2D eigenvalue weighted by atomic mass is 10.1. The van der Waals surface area contributed by atoms with Crippen LogP contribution in [0.15, 0.2) is 18.2 Å². The van der Waals surface area contributed by atoms with Crippen LogP contribution < -0.4 is 19.9 Å². The van der Waals surface area contributed by atoms with E-state index in [1.165, 1.54) is 5.56 Å². The van der Waals surface area contributed by atoms with Crippen molar-refractivity contribution in [1.29, 1.82) is 0 Å². The van der Waals surface area contributed by atoms with Gasteiger partial charge in [-0.15, -0.1) is 0 Å². The van der Waals surface area contributed by atoms with Crippen LogP contribution in [-0.2, 0) is 17.6 Å². The molecular weight excluding hydrogens is 368 g/mol. The first kappa shape index (κ1) is 18.2. The molecule has 0 radical (unpaired) electrons. The van der Waals surface area contributed by atoms with E-state index in [4.69, 9.17) is 14.7 Å². The Hall–Kier alpha value is -2.87. The van der Waals surface area contributed by atoms with Crippen LogP contribution in [0.4, 0.5) is 23.1 Å². The Bertz CT molecular complexity index is 954. The molecule has 8 heteroatoms. The predicted molar refractivity (Wildman–Crippen MR) is 112 cm³/mol. The van der Waals surface area contributed by atoms with Gasteiger partial charge in [0.15, 0.2) is 0 Å². The summed E-state index contributed by atoms with van der Waals surface area (Å²) in [7, 11) is 3.77. The minimum absolute atomic E-state index is 0.0442. The summed E-state index contributed by atoms with van der Waals surface area (Å²) in [6.45, 7) is 4.10. The number of aromatic nitrogens is 2. The average molecular weight is 394 g/mol. The zero-order valence-electron chi connectivity index (χ0n) is 16.9. The van der Waals surface area contributed by atoms with Gasteiger partial charge in [0.1, 0.15) is 18.1 Å². The van der Waals surface area contributed by atoms with E-state index in [1.54, 1.807) is 7.11 Å². The van der Waals surface area contributed by atoms with Crippen molar-refractivity contribution in [3.05, 3.63) is 29.5 Å². The van der Waals surface area contributed by atoms with E-state index >= 15 is 0 Å². The van der Waals surface area contributed by atoms with Crippen LogP contribution in [0, 0.1) is 0 Å². The summed E-state index contributed by atoms with van der Waals surface area (Å²) in [6, 6.07) is 5.78. The number of methoxy groups -OCH3 is 1. The third kappa shape index (κ3) is 3.27. The van der Waals surface area contributed by atoms with Crippen molar-refractivity contribution in [1.82, 2.24) is 14.9 Å². The van der Waals surface area contributed by atoms with Gasteiger partial charge < -0.3 is 24.8 Å². The fraction of sp³-hybridized carbons (Fsp3) is 0.476. The molecule has 1 fully saturated rings. The van der Waals surface area contributed by atoms with Crippen molar-refractivity contribution >= 4 is 29.0 Å². The molecule has 1 saturated heterocycles. The zero-order chi connectivity index (χ0) is 20.0. The van der Waals surface area contributed by atoms with Crippen molar-refractivity contribution < 1.29 is 9.53 Å². The molecule has 0 bridgehead atoms. The lowest BCUT2D eigenvalue weighted by Crippen LogP contribution is -2.45. The number of benzene rings is 1. The molecule has 2 aromatic rings. The second-order valence-corrected chi connectivity index (χ2v) is 7.93. The third-order valence-electron chi connectivity index (χ3n) is 6.01. The number of hydrogen-bond acceptors (Lipinski definition) is 7. The van der Waals surface area contributed by atoms with E-state index in [1.807, 2.05) is 23.1 Å². The second kappa shape index (κ2) is 7.18. The largest absolute Gasteiger partial charge is 0.497 e. The molecule has 0 unspecified atom stereocenters. The number of fused-ring (bicyclic) bond motifs is 2. The Balaban J connectivity index is 1.58. The summed E-state index contributed by atoms with van der Waals surface area (Å²) in [4.78, 5) is 29.0. The van der Waals surface area contributed by atoms with Crippen molar-refractivity contribution in [3.8, 4) is 5.75 Å². The van der Waals surface area contributed by atoms with Gasteiger partial charge in [0.05, 0.1) is 24.2 Å². The third-order valence-corrected chi connectivity index (χ3v) is 6.01. The van der Waals surface area contributed by atoms with Crippen molar-refractivity contribution in [2.75, 3.05) is 62.0 Å². The monoisotopic (exact) mass is 394 g/mol. The van der Waals surface area contributed by atoms with E-state index in [9.17, 15) is 4.79 Å². The second-order valence-electron chi connectivity index (χ2n) is 7.93. The molecule has 8 nitrogen and oxygen atoms in total. The number of carbonyl (C=O) groups is 1. The Morgan fingerprint density at radius 1 is 1.10 bits per heavy atom. The van der Waals surface area contributed by atoms with E-state index in [-0.39, 0.29) is 12.5 Å². The van der Waals surface area contributed by atoms with Crippen LogP contribution in [-0.4, -0.2) is 67.7 Å². The lowest BCUT2D eigenvalue weighted by molar-refractivity contribution is -0.115. The van der Waals surface area contributed by atoms with Gasteiger partial charge in [-0.3, -0.25) is 4.79 Å². The van der Waals surface area contributed by atoms with Crippen LogP contribution in [0.3, 0.4) is 0 Å². The minimum atomic E-state index is -0.0442. The predicted octanol–water partition coefficient (Wildman–Crippen LogP) is 1.82. The van der Waals surface area contributed by atoms with Gasteiger partial charge >= 0.3 is 0 Å². The molecule has 5 rings (SSSR count). The van der Waals surface area contributed by atoms with E-state index in [0.717, 1.165) is 80.0 Å². The summed E-state index contributed by atoms with van der Waals surface area (Å²) < 4.78 is 5.33. The molecule has 1 aromatic heterocycles. The molecular formula is C21H26N6O2. The Kier molecular flexibility index (Phi) is 4.50. The number of hydrogen-bond donors (Lipinski definition) is 1. The fourth-order valence-corrected chi connectivity index (χ4v) is 4.36. The van der Waals surface area contributed by atoms with Crippen molar-refractivity contribution in [3.63, 3.8) is 0 Å². The normalized spacial score (nSPS) is 19.0. The molecule has 0 spiro atoms. The summed E-state index contributed by atoms with van der Waals surface area (Å²) >= 11 is 0. The Morgan fingerprint density at radius 2 is 1.93 bits per heavy atom. The summed E-state index contributed by atoms with van der Waals surface area (Å²) in [5.41, 5.74) is 4.01. The summed E-state index contributed by atoms with van der Waals surface area (Å²) in [6.07, 6.45) is 3.01. The number of anilines is 4. The molecule has 3 heterocycles. The van der Waals surface area contributed by atoms with Crippen LogP contribution in [0.25, 0.3) is 0 Å². The highest BCUT2D eigenvalue weighted by molar-refractivity contribution is 6.03. The smallest absolute Gasteiger partial charge is 0.244 e. The highest BCUT2D eigenvalue weighted by Crippen LogP contribution is 2.40. The number of nitrogens with zero attached hydrogens (tertiary/aromatic N) is 5. The SMILES string of the molecule is COc1ccc2c(c1)NC(=O)CN2c1nc(N2CCN(C)CC2)nc2c1CCC2. The summed E-state index contributed by atoms with van der Waals surface area (Å²) in [5, 5.41) is 2.96. The van der Waals surface area contributed by atoms with Gasteiger partial charge in [-0.05, 0) is 38.4 Å². The number of nitrogens with one attached hydrogen (secondary N) is 1. The van der Waals surface area contributed by atoms with Crippen LogP contribution in [0.2, 0.25) is 0 Å². The number of rotatable bonds is 3. The molecule has 3 aliphatic rings. The first-order valence-electron chi connectivity index (χ1n) is 10.2. The summed E-state index contributed by atoms with van der Waals surface area (Å²) in [5.74, 6) is 2.34. The molecule has 1 aromatic carbocycles. The lowest BCUT2D eigenvalue weighted by Gasteiger charge is -2.35. The molecule has 152 valence electrons. The molecule has 0 atom stereocenters. The number of piperazine rings is 1. The molecule has 2 aliphatic heterocycles. The van der Waals surface area contributed by atoms with Crippen LogP contribution >= 0.6 is 0 Å². The number of likely N-dealkylation sites (N-methyl/N-ethyl adjacent to an activating group) is 1. The van der Waals surface area contributed by atoms with Gasteiger partial charge in [0.25, 0.3) is 0 Å².